The van der Waals surface area contributed by atoms with E-state index in [1.165, 1.54) is 16.7 Å². The maximum absolute atomic E-state index is 4.04. The summed E-state index contributed by atoms with van der Waals surface area (Å²) >= 11 is 4.69. The lowest BCUT2D eigenvalue weighted by molar-refractivity contribution is 1.27. The molecule has 0 nitrogen and oxygen atoms in total. The molecule has 0 atom stereocenters. The fourth-order valence-electron chi connectivity index (χ4n) is 1.44. The molecular formula is C13H14I2. The highest BCUT2D eigenvalue weighted by Gasteiger charge is 2.05. The molecule has 0 aliphatic carbocycles. The zero-order chi connectivity index (χ0) is 11.3. The summed E-state index contributed by atoms with van der Waals surface area (Å²) in [5.41, 5.74) is 3.90. The maximum atomic E-state index is 4.04. The molecule has 80 valence electrons. The van der Waals surface area contributed by atoms with Gasteiger partial charge in [-0.2, -0.15) is 0 Å². The number of hydrogen-bond acceptors (Lipinski definition) is 0. The molecule has 1 aromatic carbocycles. The van der Waals surface area contributed by atoms with Crippen molar-refractivity contribution in [3.05, 3.63) is 51.6 Å². The summed E-state index contributed by atoms with van der Waals surface area (Å²) in [6, 6.07) is 8.47. The Labute approximate surface area is 119 Å². The average molecular weight is 424 g/mol. The maximum Gasteiger partial charge on any atom is 0.0133 e. The van der Waals surface area contributed by atoms with E-state index < -0.39 is 0 Å². The normalized spacial score (nSPS) is 11.5. The van der Waals surface area contributed by atoms with Gasteiger partial charge >= 0.3 is 0 Å². The van der Waals surface area contributed by atoms with Gasteiger partial charge in [-0.3, -0.25) is 0 Å². The lowest BCUT2D eigenvalue weighted by atomic mass is 10.00. The zero-order valence-corrected chi connectivity index (χ0v) is 13.1. The molecule has 0 saturated carbocycles. The summed E-state index contributed by atoms with van der Waals surface area (Å²) in [7, 11) is 0. The Morgan fingerprint density at radius 2 is 2.07 bits per heavy atom. The highest BCUT2D eigenvalue weighted by atomic mass is 127. The van der Waals surface area contributed by atoms with E-state index in [0.29, 0.717) is 0 Å². The molecule has 1 aromatic rings. The van der Waals surface area contributed by atoms with Gasteiger partial charge < -0.3 is 0 Å². The molecule has 0 unspecified atom stereocenters. The van der Waals surface area contributed by atoms with Gasteiger partial charge in [0.25, 0.3) is 0 Å². The molecular weight excluding hydrogens is 410 g/mol. The van der Waals surface area contributed by atoms with Crippen molar-refractivity contribution in [2.24, 2.45) is 0 Å². The first-order valence-corrected chi connectivity index (χ1v) is 7.44. The summed E-state index contributed by atoms with van der Waals surface area (Å²) < 4.78 is 2.27. The number of halogens is 2. The summed E-state index contributed by atoms with van der Waals surface area (Å²) in [5, 5.41) is 0. The van der Waals surface area contributed by atoms with Gasteiger partial charge in [-0.05, 0) is 52.6 Å². The Hall–Kier alpha value is 0.160. The molecule has 0 aliphatic rings. The van der Waals surface area contributed by atoms with Gasteiger partial charge in [0.05, 0.1) is 0 Å². The average Bonchev–Trinajstić information content (AvgIpc) is 2.20. The summed E-state index contributed by atoms with van der Waals surface area (Å²) in [5.74, 6) is 0. The number of benzene rings is 1. The van der Waals surface area contributed by atoms with Crippen molar-refractivity contribution >= 4 is 50.8 Å². The number of allylic oxidation sites excluding steroid dienone is 3. The van der Waals surface area contributed by atoms with Gasteiger partial charge in [0.15, 0.2) is 0 Å². The molecule has 0 spiro atoms. The summed E-state index contributed by atoms with van der Waals surface area (Å²) in [6.07, 6.45) is 3.38. The SMILES string of the molecule is C=C(I)/C(=C\CCI)c1ccccc1C. The van der Waals surface area contributed by atoms with E-state index in [0.717, 1.165) is 14.4 Å². The van der Waals surface area contributed by atoms with E-state index in [1.54, 1.807) is 0 Å². The minimum absolute atomic E-state index is 1.10. The third kappa shape index (κ3) is 3.90. The topological polar surface area (TPSA) is 0 Å². The van der Waals surface area contributed by atoms with Gasteiger partial charge in [0.2, 0.25) is 0 Å². The van der Waals surface area contributed by atoms with Crippen LogP contribution in [-0.2, 0) is 0 Å². The van der Waals surface area contributed by atoms with E-state index in [-0.39, 0.29) is 0 Å². The van der Waals surface area contributed by atoms with Crippen LogP contribution in [-0.4, -0.2) is 4.43 Å². The van der Waals surface area contributed by atoms with Crippen molar-refractivity contribution in [3.8, 4) is 0 Å². The number of alkyl halides is 1. The van der Waals surface area contributed by atoms with Gasteiger partial charge in [0, 0.05) is 8.01 Å². The molecule has 0 aromatic heterocycles. The van der Waals surface area contributed by atoms with Crippen molar-refractivity contribution < 1.29 is 0 Å². The van der Waals surface area contributed by atoms with Crippen LogP contribution in [0.3, 0.4) is 0 Å². The lowest BCUT2D eigenvalue weighted by Gasteiger charge is -2.09. The molecule has 0 radical (unpaired) electrons. The van der Waals surface area contributed by atoms with Gasteiger partial charge in [0.1, 0.15) is 0 Å². The van der Waals surface area contributed by atoms with Crippen molar-refractivity contribution in [1.82, 2.24) is 0 Å². The highest BCUT2D eigenvalue weighted by Crippen LogP contribution is 2.29. The van der Waals surface area contributed by atoms with Crippen LogP contribution in [0.1, 0.15) is 17.5 Å². The van der Waals surface area contributed by atoms with Crippen LogP contribution < -0.4 is 0 Å². The standard InChI is InChI=1S/C13H14I2/c1-10-6-3-4-7-12(10)13(11(2)15)8-5-9-14/h3-4,6-8H,2,5,9H2,1H3/b13-8+. The van der Waals surface area contributed by atoms with E-state index in [1.807, 2.05) is 0 Å². The van der Waals surface area contributed by atoms with E-state index in [4.69, 9.17) is 0 Å². The third-order valence-electron chi connectivity index (χ3n) is 2.19. The molecule has 0 amide bonds. The largest absolute Gasteiger partial charge is 0.0860 e. The molecule has 0 saturated heterocycles. The molecule has 2 heteroatoms. The molecule has 1 rings (SSSR count). The van der Waals surface area contributed by atoms with Crippen LogP contribution in [0.15, 0.2) is 40.5 Å². The van der Waals surface area contributed by atoms with Crippen LogP contribution in [0.2, 0.25) is 0 Å². The second-order valence-corrected chi connectivity index (χ2v) is 5.70. The van der Waals surface area contributed by atoms with Gasteiger partial charge in [-0.15, -0.1) is 0 Å². The van der Waals surface area contributed by atoms with Crippen molar-refractivity contribution in [2.75, 3.05) is 4.43 Å². The van der Waals surface area contributed by atoms with Crippen LogP contribution in [0, 0.1) is 6.92 Å². The van der Waals surface area contributed by atoms with Crippen molar-refractivity contribution in [1.29, 1.82) is 0 Å². The first kappa shape index (κ1) is 13.2. The number of aryl methyl sites for hydroxylation is 1. The van der Waals surface area contributed by atoms with Crippen molar-refractivity contribution in [2.45, 2.75) is 13.3 Å². The Morgan fingerprint density at radius 3 is 2.60 bits per heavy atom. The predicted molar refractivity (Wildman–Crippen MR) is 85.8 cm³/mol. The van der Waals surface area contributed by atoms with Crippen LogP contribution in [0.5, 0.6) is 0 Å². The number of hydrogen-bond donors (Lipinski definition) is 0. The third-order valence-corrected chi connectivity index (χ3v) is 3.39. The minimum atomic E-state index is 1.10. The molecule has 0 N–H and O–H groups in total. The lowest BCUT2D eigenvalue weighted by Crippen LogP contribution is -1.88. The monoisotopic (exact) mass is 424 g/mol. The second-order valence-electron chi connectivity index (χ2n) is 3.32. The highest BCUT2D eigenvalue weighted by molar-refractivity contribution is 14.1. The fraction of sp³-hybridized carbons (Fsp3) is 0.231. The van der Waals surface area contributed by atoms with E-state index in [2.05, 4.69) is 89.0 Å². The van der Waals surface area contributed by atoms with Crippen molar-refractivity contribution in [3.63, 3.8) is 0 Å². The second kappa shape index (κ2) is 6.68. The molecule has 0 bridgehead atoms. The quantitative estimate of drug-likeness (QED) is 0.357. The van der Waals surface area contributed by atoms with E-state index in [9.17, 15) is 0 Å². The first-order valence-electron chi connectivity index (χ1n) is 4.83. The van der Waals surface area contributed by atoms with Crippen LogP contribution >= 0.6 is 45.2 Å². The summed E-state index contributed by atoms with van der Waals surface area (Å²) in [6.45, 7) is 6.19. The molecule has 0 aliphatic heterocycles. The summed E-state index contributed by atoms with van der Waals surface area (Å²) in [4.78, 5) is 0. The van der Waals surface area contributed by atoms with Crippen LogP contribution in [0.4, 0.5) is 0 Å². The Kier molecular flexibility index (Phi) is 5.89. The zero-order valence-electron chi connectivity index (χ0n) is 8.76. The Balaban J connectivity index is 3.10. The molecule has 0 fully saturated rings. The van der Waals surface area contributed by atoms with E-state index >= 15 is 0 Å². The minimum Gasteiger partial charge on any atom is -0.0860 e. The Morgan fingerprint density at radius 1 is 1.40 bits per heavy atom. The van der Waals surface area contributed by atoms with Gasteiger partial charge in [-0.25, -0.2) is 0 Å². The molecule has 0 heterocycles. The van der Waals surface area contributed by atoms with Gasteiger partial charge in [-0.1, -0.05) is 59.5 Å². The Bertz CT molecular complexity index is 378. The first-order chi connectivity index (χ1) is 7.16. The predicted octanol–water partition coefficient (Wildman–Crippen LogP) is 5.15. The smallest absolute Gasteiger partial charge is 0.0133 e. The number of rotatable bonds is 4. The molecule has 15 heavy (non-hydrogen) atoms. The van der Waals surface area contributed by atoms with Crippen LogP contribution in [0.25, 0.3) is 5.57 Å². The fourth-order valence-corrected chi connectivity index (χ4v) is 2.26.